The fourth-order valence-electron chi connectivity index (χ4n) is 6.47. The zero-order valence-corrected chi connectivity index (χ0v) is 15.6. The minimum absolute atomic E-state index is 0.0367. The van der Waals surface area contributed by atoms with Gasteiger partial charge in [-0.15, -0.1) is 0 Å². The molecule has 4 aliphatic carbocycles. The van der Waals surface area contributed by atoms with Crippen LogP contribution in [0, 0.1) is 40.2 Å². The highest BCUT2D eigenvalue weighted by atomic mass is 16.6. The number of aryl methyl sites for hydroxylation is 1. The first-order valence-corrected chi connectivity index (χ1v) is 9.86. The molecule has 5 rings (SSSR count). The van der Waals surface area contributed by atoms with Gasteiger partial charge in [-0.25, -0.2) is 9.55 Å². The molecule has 0 aromatic carbocycles. The lowest BCUT2D eigenvalue weighted by Gasteiger charge is -2.59. The van der Waals surface area contributed by atoms with E-state index >= 15 is 0 Å². The third-order valence-electron chi connectivity index (χ3n) is 7.09. The number of amides is 1. The van der Waals surface area contributed by atoms with Crippen LogP contribution in [0.15, 0.2) is 6.20 Å². The second kappa shape index (κ2) is 6.35. The van der Waals surface area contributed by atoms with Gasteiger partial charge in [0.1, 0.15) is 6.20 Å². The van der Waals surface area contributed by atoms with Crippen molar-refractivity contribution >= 4 is 11.7 Å². The van der Waals surface area contributed by atoms with E-state index in [4.69, 9.17) is 0 Å². The number of nitrogens with one attached hydrogen (secondary N) is 1. The number of carbonyl (C=O) groups is 1. The van der Waals surface area contributed by atoms with E-state index in [2.05, 4.69) is 17.2 Å². The van der Waals surface area contributed by atoms with Crippen molar-refractivity contribution in [2.75, 3.05) is 0 Å². The second-order valence-electron chi connectivity index (χ2n) is 8.82. The van der Waals surface area contributed by atoms with Gasteiger partial charge in [0, 0.05) is 13.0 Å². The molecule has 0 aliphatic heterocycles. The zero-order chi connectivity index (χ0) is 18.5. The summed E-state index contributed by atoms with van der Waals surface area (Å²) < 4.78 is 1.39. The molecular formula is C19H28N4O3. The molecule has 1 amide bonds. The molecule has 1 atom stereocenters. The van der Waals surface area contributed by atoms with Crippen molar-refractivity contribution in [1.82, 2.24) is 14.9 Å². The molecule has 1 aromatic rings. The van der Waals surface area contributed by atoms with Crippen LogP contribution in [0.25, 0.3) is 0 Å². The highest BCUT2D eigenvalue weighted by molar-refractivity contribution is 5.76. The molecule has 4 saturated carbocycles. The van der Waals surface area contributed by atoms with Crippen LogP contribution in [0.1, 0.15) is 57.7 Å². The average molecular weight is 360 g/mol. The van der Waals surface area contributed by atoms with Gasteiger partial charge in [-0.3, -0.25) is 4.79 Å². The van der Waals surface area contributed by atoms with Gasteiger partial charge in [-0.2, -0.15) is 0 Å². The molecule has 0 radical (unpaired) electrons. The van der Waals surface area contributed by atoms with Gasteiger partial charge in [0.2, 0.25) is 0 Å². The lowest BCUT2D eigenvalue weighted by molar-refractivity contribution is -0.392. The maximum absolute atomic E-state index is 12.7. The van der Waals surface area contributed by atoms with Crippen molar-refractivity contribution in [3.8, 4) is 0 Å². The maximum atomic E-state index is 12.7. The SMILES string of the molecule is CC[C@H](NC(=O)Cn1c([N+](=O)[O-])cnc1C)C12CC3CC(CC(C3)C1)C2. The number of nitrogens with zero attached hydrogens (tertiary/aromatic N) is 3. The molecule has 0 unspecified atom stereocenters. The third-order valence-corrected chi connectivity index (χ3v) is 7.09. The van der Waals surface area contributed by atoms with Gasteiger partial charge in [-0.1, -0.05) is 6.92 Å². The summed E-state index contributed by atoms with van der Waals surface area (Å²) in [6.07, 6.45) is 9.99. The van der Waals surface area contributed by atoms with E-state index in [9.17, 15) is 14.9 Å². The van der Waals surface area contributed by atoms with E-state index in [1.165, 1.54) is 49.3 Å². The first-order chi connectivity index (χ1) is 12.4. The van der Waals surface area contributed by atoms with Crippen LogP contribution in [0.5, 0.6) is 0 Å². The molecule has 7 heteroatoms. The van der Waals surface area contributed by atoms with Crippen LogP contribution in [-0.4, -0.2) is 26.4 Å². The molecule has 0 spiro atoms. The Kier molecular flexibility index (Phi) is 4.28. The molecule has 7 nitrogen and oxygen atoms in total. The number of imidazole rings is 1. The maximum Gasteiger partial charge on any atom is 0.343 e. The molecule has 142 valence electrons. The van der Waals surface area contributed by atoms with Crippen molar-refractivity contribution < 1.29 is 9.72 Å². The molecular weight excluding hydrogens is 332 g/mol. The second-order valence-corrected chi connectivity index (χ2v) is 8.82. The molecule has 1 heterocycles. The Morgan fingerprint density at radius 2 is 1.92 bits per heavy atom. The molecule has 1 N–H and O–H groups in total. The van der Waals surface area contributed by atoms with Gasteiger partial charge >= 0.3 is 5.82 Å². The lowest BCUT2D eigenvalue weighted by Crippen LogP contribution is -2.57. The average Bonchev–Trinajstić information content (AvgIpc) is 2.92. The quantitative estimate of drug-likeness (QED) is 0.623. The van der Waals surface area contributed by atoms with E-state index in [-0.39, 0.29) is 29.7 Å². The lowest BCUT2D eigenvalue weighted by atomic mass is 9.47. The summed E-state index contributed by atoms with van der Waals surface area (Å²) in [5.41, 5.74) is 0.245. The predicted octanol–water partition coefficient (Wildman–Crippen LogP) is 3.21. The Hall–Kier alpha value is -1.92. The Balaban J connectivity index is 1.48. The van der Waals surface area contributed by atoms with Crippen molar-refractivity contribution in [2.45, 2.75) is 71.4 Å². The van der Waals surface area contributed by atoms with Crippen LogP contribution in [0.2, 0.25) is 0 Å². The number of aromatic nitrogens is 2. The van der Waals surface area contributed by atoms with Gasteiger partial charge < -0.3 is 15.4 Å². The smallest absolute Gasteiger partial charge is 0.343 e. The van der Waals surface area contributed by atoms with Gasteiger partial charge in [-0.05, 0) is 73.0 Å². The van der Waals surface area contributed by atoms with Gasteiger partial charge in [0.15, 0.2) is 12.4 Å². The normalized spacial score (nSPS) is 33.2. The van der Waals surface area contributed by atoms with Crippen molar-refractivity contribution in [2.24, 2.45) is 23.2 Å². The van der Waals surface area contributed by atoms with E-state index in [1.807, 2.05) is 0 Å². The highest BCUT2D eigenvalue weighted by Crippen LogP contribution is 2.61. The summed E-state index contributed by atoms with van der Waals surface area (Å²) in [4.78, 5) is 27.4. The number of rotatable bonds is 6. The van der Waals surface area contributed by atoms with Crippen LogP contribution >= 0.6 is 0 Å². The summed E-state index contributed by atoms with van der Waals surface area (Å²) in [6, 6.07) is 0.172. The van der Waals surface area contributed by atoms with Gasteiger partial charge in [0.05, 0.1) is 0 Å². The topological polar surface area (TPSA) is 90.1 Å². The standard InChI is InChI=1S/C19H28N4O3/c1-3-16(19-7-13-4-14(8-19)6-15(5-13)9-19)21-17(24)11-22-12(2)20-10-18(22)23(25)26/h10,13-16H,3-9,11H2,1-2H3,(H,21,24)/t13?,14?,15?,16-,19?/m0/s1. The molecule has 0 saturated heterocycles. The Bertz CT molecular complexity index is 691. The first-order valence-electron chi connectivity index (χ1n) is 9.86. The Labute approximate surface area is 153 Å². The minimum Gasteiger partial charge on any atom is -0.358 e. The molecule has 1 aromatic heterocycles. The monoisotopic (exact) mass is 360 g/mol. The molecule has 4 fully saturated rings. The van der Waals surface area contributed by atoms with Gasteiger partial charge in [0.25, 0.3) is 5.91 Å². The van der Waals surface area contributed by atoms with Crippen LogP contribution in [-0.2, 0) is 11.3 Å². The fourth-order valence-corrected chi connectivity index (χ4v) is 6.47. The van der Waals surface area contributed by atoms with E-state index in [0.717, 1.165) is 24.2 Å². The number of hydrogen-bond acceptors (Lipinski definition) is 4. The third kappa shape index (κ3) is 2.91. The fraction of sp³-hybridized carbons (Fsp3) is 0.789. The van der Waals surface area contributed by atoms with Crippen LogP contribution in [0.3, 0.4) is 0 Å². The molecule has 4 bridgehead atoms. The summed E-state index contributed by atoms with van der Waals surface area (Å²) in [5.74, 6) is 2.74. The minimum atomic E-state index is -0.482. The van der Waals surface area contributed by atoms with E-state index < -0.39 is 4.92 Å². The zero-order valence-electron chi connectivity index (χ0n) is 15.6. The highest BCUT2D eigenvalue weighted by Gasteiger charge is 2.54. The van der Waals surface area contributed by atoms with E-state index in [0.29, 0.717) is 5.82 Å². The number of nitro groups is 1. The van der Waals surface area contributed by atoms with Crippen LogP contribution < -0.4 is 5.32 Å². The number of carbonyl (C=O) groups excluding carboxylic acids is 1. The largest absolute Gasteiger partial charge is 0.358 e. The summed E-state index contributed by atoms with van der Waals surface area (Å²) in [5, 5.41) is 14.4. The summed E-state index contributed by atoms with van der Waals surface area (Å²) in [6.45, 7) is 3.80. The first kappa shape index (κ1) is 17.5. The summed E-state index contributed by atoms with van der Waals surface area (Å²) in [7, 11) is 0. The molecule has 26 heavy (non-hydrogen) atoms. The van der Waals surface area contributed by atoms with Crippen LogP contribution in [0.4, 0.5) is 5.82 Å². The van der Waals surface area contributed by atoms with Crippen molar-refractivity contribution in [1.29, 1.82) is 0 Å². The molecule has 4 aliphatic rings. The van der Waals surface area contributed by atoms with Crippen molar-refractivity contribution in [3.63, 3.8) is 0 Å². The predicted molar refractivity (Wildman–Crippen MR) is 96.4 cm³/mol. The Morgan fingerprint density at radius 3 is 2.42 bits per heavy atom. The van der Waals surface area contributed by atoms with E-state index in [1.54, 1.807) is 6.92 Å². The number of hydrogen-bond donors (Lipinski definition) is 1. The summed E-state index contributed by atoms with van der Waals surface area (Å²) >= 11 is 0. The Morgan fingerprint density at radius 1 is 1.35 bits per heavy atom. The van der Waals surface area contributed by atoms with Crippen molar-refractivity contribution in [3.05, 3.63) is 22.1 Å².